The van der Waals surface area contributed by atoms with Crippen molar-refractivity contribution in [2.24, 2.45) is 0 Å². The van der Waals surface area contributed by atoms with E-state index in [4.69, 9.17) is 10.0 Å². The zero-order chi connectivity index (χ0) is 48.1. The van der Waals surface area contributed by atoms with Crippen molar-refractivity contribution < 1.29 is 29.2 Å². The van der Waals surface area contributed by atoms with Crippen LogP contribution in [0.1, 0.15) is 78.2 Å². The smallest absolute Gasteiger partial charge is 0.423 e. The molecule has 2 aliphatic rings. The number of pyridine rings is 2. The maximum absolute atomic E-state index is 13.5. The molecular formula is C52H50BBrN8O6. The third-order valence-electron chi connectivity index (χ3n) is 11.8. The van der Waals surface area contributed by atoms with Crippen molar-refractivity contribution in [2.75, 3.05) is 23.9 Å². The van der Waals surface area contributed by atoms with Gasteiger partial charge in [0.1, 0.15) is 0 Å². The van der Waals surface area contributed by atoms with E-state index in [1.54, 1.807) is 40.6 Å². The summed E-state index contributed by atoms with van der Waals surface area (Å²) < 4.78 is 4.42. The molecule has 0 radical (unpaired) electrons. The Morgan fingerprint density at radius 2 is 1.01 bits per heavy atom. The molecule has 2 saturated carbocycles. The fourth-order valence-corrected chi connectivity index (χ4v) is 8.05. The van der Waals surface area contributed by atoms with Crippen molar-refractivity contribution in [3.63, 3.8) is 0 Å². The number of aromatic nitrogens is 4. The molecule has 4 aromatic heterocycles. The second-order valence-electron chi connectivity index (χ2n) is 16.8. The third kappa shape index (κ3) is 10.7. The van der Waals surface area contributed by atoms with Gasteiger partial charge in [0.2, 0.25) is 0 Å². The minimum Gasteiger partial charge on any atom is -0.423 e. The van der Waals surface area contributed by atoms with Gasteiger partial charge in [-0.3, -0.25) is 19.2 Å². The first-order valence-electron chi connectivity index (χ1n) is 22.2. The summed E-state index contributed by atoms with van der Waals surface area (Å²) in [6.07, 6.45) is 11.4. The van der Waals surface area contributed by atoms with Crippen LogP contribution in [-0.2, 0) is 0 Å². The highest BCUT2D eigenvalue weighted by atomic mass is 79.9. The van der Waals surface area contributed by atoms with Gasteiger partial charge in [-0.25, -0.2) is 9.03 Å². The Bertz CT molecular complexity index is 3090. The van der Waals surface area contributed by atoms with Crippen LogP contribution in [0.15, 0.2) is 151 Å². The molecule has 0 unspecified atom stereocenters. The predicted molar refractivity (Wildman–Crippen MR) is 269 cm³/mol. The summed E-state index contributed by atoms with van der Waals surface area (Å²) in [6.45, 7) is 4.10. The van der Waals surface area contributed by atoms with Gasteiger partial charge in [0.05, 0.1) is 27.9 Å². The maximum atomic E-state index is 13.5. The maximum Gasteiger partial charge on any atom is 0.488 e. The number of nitrogens with zero attached hydrogens (tertiary/aromatic N) is 6. The number of fused-ring (bicyclic) bond motifs is 2. The number of aryl methyl sites for hydroxylation is 2. The number of nitrogens with one attached hydrogen (secondary N) is 2. The molecule has 0 spiro atoms. The summed E-state index contributed by atoms with van der Waals surface area (Å²) in [5.41, 5.74) is 10.6. The molecule has 4 amide bonds. The lowest BCUT2D eigenvalue weighted by Crippen LogP contribution is -2.33. The summed E-state index contributed by atoms with van der Waals surface area (Å²) in [5, 5.41) is 31.3. The number of halogens is 1. The van der Waals surface area contributed by atoms with Crippen molar-refractivity contribution in [3.8, 4) is 11.1 Å². The van der Waals surface area contributed by atoms with Crippen LogP contribution >= 0.6 is 15.9 Å². The highest BCUT2D eigenvalue weighted by Crippen LogP contribution is 2.35. The first-order chi connectivity index (χ1) is 32.8. The lowest BCUT2D eigenvalue weighted by atomic mass is 9.80. The van der Waals surface area contributed by atoms with Crippen molar-refractivity contribution >= 4 is 74.5 Å². The van der Waals surface area contributed by atoms with Crippen LogP contribution in [0.5, 0.6) is 0 Å². The van der Waals surface area contributed by atoms with Gasteiger partial charge in [-0.05, 0) is 139 Å². The Morgan fingerprint density at radius 1 is 0.588 bits per heavy atom. The Hall–Kier alpha value is -7.40. The monoisotopic (exact) mass is 972 g/mol. The number of hydrogen-bond acceptors (Lipinski definition) is 8. The molecule has 68 heavy (non-hydrogen) atoms. The zero-order valence-electron chi connectivity index (χ0n) is 38.0. The second kappa shape index (κ2) is 20.6. The van der Waals surface area contributed by atoms with E-state index < -0.39 is 7.12 Å². The van der Waals surface area contributed by atoms with Gasteiger partial charge in [0.25, 0.3) is 23.6 Å². The van der Waals surface area contributed by atoms with Gasteiger partial charge < -0.3 is 30.5 Å². The number of hydrogen-bond donors (Lipinski definition) is 4. The average Bonchev–Trinajstić information content (AvgIpc) is 4.31. The van der Waals surface area contributed by atoms with Crippen LogP contribution in [0, 0.1) is 13.8 Å². The quantitative estimate of drug-likeness (QED) is 0.103. The van der Waals surface area contributed by atoms with Crippen LogP contribution in [0.4, 0.5) is 11.4 Å². The van der Waals surface area contributed by atoms with E-state index in [1.165, 1.54) is 42.4 Å². The summed E-state index contributed by atoms with van der Waals surface area (Å²) >= 11 is 3.47. The van der Waals surface area contributed by atoms with Gasteiger partial charge in [0.15, 0.2) is 0 Å². The highest BCUT2D eigenvalue weighted by molar-refractivity contribution is 9.10. The Morgan fingerprint density at radius 3 is 1.46 bits per heavy atom. The molecule has 0 saturated heterocycles. The molecule has 4 heterocycles. The van der Waals surface area contributed by atoms with Crippen molar-refractivity contribution in [1.82, 2.24) is 29.9 Å². The Labute approximate surface area is 402 Å². The molecule has 8 aromatic rings. The summed E-state index contributed by atoms with van der Waals surface area (Å²) in [7, 11) is 1.66. The minimum atomic E-state index is -1.49. The molecule has 344 valence electrons. The van der Waals surface area contributed by atoms with Gasteiger partial charge >= 0.3 is 7.12 Å². The lowest BCUT2D eigenvalue weighted by molar-refractivity contribution is 0.0955. The largest absolute Gasteiger partial charge is 0.488 e. The summed E-state index contributed by atoms with van der Waals surface area (Å²) in [6, 6.07) is 37.7. The van der Waals surface area contributed by atoms with Crippen LogP contribution < -0.4 is 25.9 Å². The fraction of sp³-hybridized carbons (Fsp3) is 0.192. The molecule has 0 atom stereocenters. The number of anilines is 2. The number of rotatable bonds is 10. The molecule has 2 fully saturated rings. The first-order valence-corrected chi connectivity index (χ1v) is 23.0. The van der Waals surface area contributed by atoms with Crippen LogP contribution in [0.2, 0.25) is 0 Å². The summed E-state index contributed by atoms with van der Waals surface area (Å²) in [5.74, 6) is -0.271. The van der Waals surface area contributed by atoms with E-state index in [0.29, 0.717) is 33.8 Å². The van der Waals surface area contributed by atoms with Gasteiger partial charge in [-0.1, -0.05) is 59.7 Å². The first kappa shape index (κ1) is 47.1. The normalized spacial score (nSPS) is 12.8. The predicted octanol–water partition coefficient (Wildman–Crippen LogP) is 7.42. The van der Waals surface area contributed by atoms with E-state index in [0.717, 1.165) is 63.7 Å². The molecule has 4 N–H and O–H groups in total. The number of benzene rings is 4. The van der Waals surface area contributed by atoms with E-state index in [9.17, 15) is 19.2 Å². The van der Waals surface area contributed by atoms with Crippen LogP contribution in [0.3, 0.4) is 0 Å². The molecule has 4 aromatic carbocycles. The fourth-order valence-electron chi connectivity index (χ4n) is 7.66. The Kier molecular flexibility index (Phi) is 14.3. The molecule has 0 bridgehead atoms. The van der Waals surface area contributed by atoms with Gasteiger partial charge in [0, 0.05) is 77.8 Å². The topological polar surface area (TPSA) is 174 Å². The van der Waals surface area contributed by atoms with E-state index in [2.05, 4.69) is 55.8 Å². The second-order valence-corrected chi connectivity index (χ2v) is 17.6. The van der Waals surface area contributed by atoms with Crippen LogP contribution in [-0.4, -0.2) is 86.2 Å². The molecule has 0 aliphatic heterocycles. The number of carbonyl (C=O) groups is 4. The van der Waals surface area contributed by atoms with Crippen LogP contribution in [0.25, 0.3) is 22.2 Å². The van der Waals surface area contributed by atoms with E-state index in [-0.39, 0.29) is 29.7 Å². The zero-order valence-corrected chi connectivity index (χ0v) is 39.6. The van der Waals surface area contributed by atoms with Gasteiger partial charge in [-0.2, -0.15) is 10.2 Å². The number of amides is 4. The SMILES string of the molecule is CNC(=O)c1ccc(-c2cnn3ccc(C(=O)N(c4ccc(C)cc4)C4CC4)cc23)cc1.CNC(=O)c1ccc(B(O)O)cc1.Cc1ccc(N(C(=O)c2ccn3ncc(Br)c3c2)C2CC2)cc1. The van der Waals surface area contributed by atoms with Gasteiger partial charge in [-0.15, -0.1) is 0 Å². The van der Waals surface area contributed by atoms with Crippen molar-refractivity contribution in [3.05, 3.63) is 184 Å². The molecule has 16 heteroatoms. The van der Waals surface area contributed by atoms with Crippen molar-refractivity contribution in [2.45, 2.75) is 51.6 Å². The number of carbonyl (C=O) groups excluding carboxylic acids is 4. The molecule has 10 rings (SSSR count). The molecule has 2 aliphatic carbocycles. The standard InChI is InChI=1S/C26H24N4O2.C18H16BrN3O.C8H10BNO3/c1-17-3-9-21(10-4-17)30(22-11-12-22)26(32)20-13-14-29-24(15-20)23(16-28-29)18-5-7-19(8-6-18)25(31)27-2;1-12-2-4-14(5-3-12)22(15-6-7-15)18(23)13-8-9-21-17(10-13)16(19)11-20-21;1-10-8(11)6-2-4-7(5-3-6)9(12)13/h3-10,13-16,22H,11-12H2,1-2H3,(H,27,31);2-5,8-11,15H,6-7H2,1H3;2-5,12-13H,1H3,(H,10,11). The third-order valence-corrected chi connectivity index (χ3v) is 12.4. The van der Waals surface area contributed by atoms with E-state index in [1.807, 2.05) is 102 Å². The lowest BCUT2D eigenvalue weighted by Gasteiger charge is -2.23. The highest BCUT2D eigenvalue weighted by Gasteiger charge is 2.35. The summed E-state index contributed by atoms with van der Waals surface area (Å²) in [4.78, 5) is 53.3. The molecular weight excluding hydrogens is 923 g/mol. The molecule has 14 nitrogen and oxygen atoms in total. The average molecular weight is 974 g/mol. The van der Waals surface area contributed by atoms with E-state index >= 15 is 0 Å². The minimum absolute atomic E-state index is 0.000896. The van der Waals surface area contributed by atoms with Crippen molar-refractivity contribution in [1.29, 1.82) is 0 Å². The Balaban J connectivity index is 0.000000151.